The van der Waals surface area contributed by atoms with Crippen molar-refractivity contribution >= 4 is 11.4 Å². The van der Waals surface area contributed by atoms with Crippen molar-refractivity contribution in [3.63, 3.8) is 0 Å². The molecule has 1 unspecified atom stereocenters. The van der Waals surface area contributed by atoms with Crippen LogP contribution >= 0.6 is 0 Å². The molecule has 20 heavy (non-hydrogen) atoms. The third-order valence-corrected chi connectivity index (χ3v) is 3.38. The summed E-state index contributed by atoms with van der Waals surface area (Å²) in [7, 11) is 1.86. The van der Waals surface area contributed by atoms with Crippen LogP contribution in [0.2, 0.25) is 0 Å². The number of nitrogens with zero attached hydrogens (tertiary/aromatic N) is 3. The molecule has 6 nitrogen and oxygen atoms in total. The van der Waals surface area contributed by atoms with Gasteiger partial charge in [0.1, 0.15) is 6.07 Å². The third-order valence-electron chi connectivity index (χ3n) is 3.38. The van der Waals surface area contributed by atoms with Crippen LogP contribution in [0, 0.1) is 27.4 Å². The fourth-order valence-corrected chi connectivity index (χ4v) is 1.86. The number of benzene rings is 1. The Labute approximate surface area is 118 Å². The molecule has 6 heteroatoms. The second-order valence-corrected chi connectivity index (χ2v) is 5.19. The van der Waals surface area contributed by atoms with Crippen molar-refractivity contribution in [1.29, 1.82) is 5.26 Å². The van der Waals surface area contributed by atoms with Crippen molar-refractivity contribution in [1.82, 2.24) is 0 Å². The zero-order valence-electron chi connectivity index (χ0n) is 12.0. The number of hydrogen-bond acceptors (Lipinski definition) is 5. The van der Waals surface area contributed by atoms with E-state index in [1.165, 1.54) is 12.1 Å². The molecule has 1 aromatic carbocycles. The molecule has 1 atom stereocenters. The Morgan fingerprint density at radius 3 is 2.65 bits per heavy atom. The molecule has 0 amide bonds. The van der Waals surface area contributed by atoms with E-state index in [9.17, 15) is 10.1 Å². The normalized spacial score (nSPS) is 12.0. The second-order valence-electron chi connectivity index (χ2n) is 5.19. The molecule has 0 aliphatic heterocycles. The first-order valence-corrected chi connectivity index (χ1v) is 6.52. The number of hydrogen-bond donors (Lipinski definition) is 1. The fourth-order valence-electron chi connectivity index (χ4n) is 1.86. The summed E-state index contributed by atoms with van der Waals surface area (Å²) < 4.78 is 0. The predicted molar refractivity (Wildman–Crippen MR) is 78.5 cm³/mol. The maximum Gasteiger partial charge on any atom is 0.270 e. The van der Waals surface area contributed by atoms with E-state index in [1.807, 2.05) is 18.0 Å². The molecule has 0 spiro atoms. The largest absolute Gasteiger partial charge is 0.373 e. The smallest absolute Gasteiger partial charge is 0.270 e. The van der Waals surface area contributed by atoms with Crippen molar-refractivity contribution < 1.29 is 4.92 Å². The van der Waals surface area contributed by atoms with Gasteiger partial charge in [-0.3, -0.25) is 10.1 Å². The molecule has 0 aliphatic carbocycles. The van der Waals surface area contributed by atoms with Crippen LogP contribution in [0.3, 0.4) is 0 Å². The zero-order chi connectivity index (χ0) is 15.3. The van der Waals surface area contributed by atoms with Gasteiger partial charge in [0, 0.05) is 31.8 Å². The lowest BCUT2D eigenvalue weighted by molar-refractivity contribution is -0.384. The molecule has 0 bridgehead atoms. The molecule has 108 valence electrons. The molecule has 0 aliphatic rings. The Bertz CT molecular complexity index is 522. The van der Waals surface area contributed by atoms with Crippen molar-refractivity contribution in [2.45, 2.75) is 26.3 Å². The average molecular weight is 276 g/mol. The standard InChI is InChI=1S/C14H20N4O2/c1-10(2)13(16)6-7-17(3)14-5-4-12(18(19)20)8-11(14)9-15/h4-5,8,10,13H,6-7,16H2,1-3H3. The average Bonchev–Trinajstić information content (AvgIpc) is 2.43. The van der Waals surface area contributed by atoms with Crippen molar-refractivity contribution in [2.75, 3.05) is 18.5 Å². The van der Waals surface area contributed by atoms with Crippen molar-refractivity contribution in [3.8, 4) is 6.07 Å². The van der Waals surface area contributed by atoms with Crippen LogP contribution in [0.15, 0.2) is 18.2 Å². The maximum absolute atomic E-state index is 10.7. The van der Waals surface area contributed by atoms with Crippen LogP contribution in [-0.2, 0) is 0 Å². The summed E-state index contributed by atoms with van der Waals surface area (Å²) in [5.74, 6) is 0.399. The molecule has 0 saturated heterocycles. The van der Waals surface area contributed by atoms with Gasteiger partial charge in [0.25, 0.3) is 5.69 Å². The summed E-state index contributed by atoms with van der Waals surface area (Å²) in [6, 6.07) is 6.42. The predicted octanol–water partition coefficient (Wildman–Crippen LogP) is 2.28. The number of non-ortho nitro benzene ring substituents is 1. The number of anilines is 1. The second kappa shape index (κ2) is 6.87. The molecule has 0 radical (unpaired) electrons. The number of nitriles is 1. The summed E-state index contributed by atoms with van der Waals surface area (Å²) in [6.07, 6.45) is 0.802. The lowest BCUT2D eigenvalue weighted by Gasteiger charge is -2.23. The van der Waals surface area contributed by atoms with Crippen LogP contribution in [0.25, 0.3) is 0 Å². The highest BCUT2D eigenvalue weighted by molar-refractivity contribution is 5.62. The topological polar surface area (TPSA) is 96.2 Å². The Morgan fingerprint density at radius 1 is 1.50 bits per heavy atom. The monoisotopic (exact) mass is 276 g/mol. The van der Waals surface area contributed by atoms with Gasteiger partial charge in [0.15, 0.2) is 0 Å². The van der Waals surface area contributed by atoms with Gasteiger partial charge in [-0.25, -0.2) is 0 Å². The molecule has 1 rings (SSSR count). The van der Waals surface area contributed by atoms with E-state index in [1.54, 1.807) is 6.07 Å². The van der Waals surface area contributed by atoms with Crippen LogP contribution in [0.4, 0.5) is 11.4 Å². The molecule has 0 saturated carbocycles. The molecular formula is C14H20N4O2. The number of rotatable bonds is 6. The first-order chi connectivity index (χ1) is 9.36. The SMILES string of the molecule is CC(C)C(N)CCN(C)c1ccc([N+](=O)[O-])cc1C#N. The van der Waals surface area contributed by atoms with Gasteiger partial charge in [0.2, 0.25) is 0 Å². The highest BCUT2D eigenvalue weighted by Crippen LogP contribution is 2.24. The Kier molecular flexibility index (Phi) is 5.47. The first kappa shape index (κ1) is 15.9. The third kappa shape index (κ3) is 3.93. The van der Waals surface area contributed by atoms with E-state index in [-0.39, 0.29) is 11.7 Å². The Balaban J connectivity index is 2.85. The lowest BCUT2D eigenvalue weighted by atomic mass is 10.0. The fraction of sp³-hybridized carbons (Fsp3) is 0.500. The first-order valence-electron chi connectivity index (χ1n) is 6.52. The van der Waals surface area contributed by atoms with Gasteiger partial charge in [-0.15, -0.1) is 0 Å². The van der Waals surface area contributed by atoms with Crippen LogP contribution in [0.1, 0.15) is 25.8 Å². The Hall–Kier alpha value is -2.13. The van der Waals surface area contributed by atoms with E-state index in [0.717, 1.165) is 6.42 Å². The van der Waals surface area contributed by atoms with Gasteiger partial charge < -0.3 is 10.6 Å². The number of nitro benzene ring substituents is 1. The molecule has 0 heterocycles. The number of nitro groups is 1. The van der Waals surface area contributed by atoms with Crippen LogP contribution in [-0.4, -0.2) is 24.6 Å². The van der Waals surface area contributed by atoms with E-state index in [0.29, 0.717) is 23.7 Å². The Morgan fingerprint density at radius 2 is 2.15 bits per heavy atom. The van der Waals surface area contributed by atoms with Crippen molar-refractivity contribution in [2.24, 2.45) is 11.7 Å². The van der Waals surface area contributed by atoms with Gasteiger partial charge in [-0.1, -0.05) is 13.8 Å². The maximum atomic E-state index is 10.7. The summed E-state index contributed by atoms with van der Waals surface area (Å²) in [5, 5.41) is 19.8. The number of nitrogens with two attached hydrogens (primary N) is 1. The molecule has 1 aromatic rings. The summed E-state index contributed by atoms with van der Waals surface area (Å²) in [4.78, 5) is 12.1. The minimum atomic E-state index is -0.501. The van der Waals surface area contributed by atoms with E-state index < -0.39 is 4.92 Å². The van der Waals surface area contributed by atoms with E-state index in [2.05, 4.69) is 13.8 Å². The lowest BCUT2D eigenvalue weighted by Crippen LogP contribution is -2.32. The molecular weight excluding hydrogens is 256 g/mol. The summed E-state index contributed by atoms with van der Waals surface area (Å²) in [5.41, 5.74) is 6.92. The zero-order valence-corrected chi connectivity index (χ0v) is 12.0. The summed E-state index contributed by atoms with van der Waals surface area (Å²) >= 11 is 0. The molecule has 0 aromatic heterocycles. The molecule has 2 N–H and O–H groups in total. The van der Waals surface area contributed by atoms with E-state index >= 15 is 0 Å². The summed E-state index contributed by atoms with van der Waals surface area (Å²) in [6.45, 7) is 4.83. The van der Waals surface area contributed by atoms with Crippen LogP contribution in [0.5, 0.6) is 0 Å². The highest BCUT2D eigenvalue weighted by Gasteiger charge is 2.15. The van der Waals surface area contributed by atoms with Crippen LogP contribution < -0.4 is 10.6 Å². The van der Waals surface area contributed by atoms with Gasteiger partial charge >= 0.3 is 0 Å². The molecule has 0 fully saturated rings. The van der Waals surface area contributed by atoms with Gasteiger partial charge in [-0.05, 0) is 18.4 Å². The van der Waals surface area contributed by atoms with Gasteiger partial charge in [-0.2, -0.15) is 5.26 Å². The minimum Gasteiger partial charge on any atom is -0.373 e. The van der Waals surface area contributed by atoms with E-state index in [4.69, 9.17) is 11.0 Å². The van der Waals surface area contributed by atoms with Gasteiger partial charge in [0.05, 0.1) is 16.2 Å². The minimum absolute atomic E-state index is 0.0717. The quantitative estimate of drug-likeness (QED) is 0.635. The van der Waals surface area contributed by atoms with Crippen molar-refractivity contribution in [3.05, 3.63) is 33.9 Å². The highest BCUT2D eigenvalue weighted by atomic mass is 16.6.